The van der Waals surface area contributed by atoms with Crippen LogP contribution in [0, 0.1) is 18.3 Å². The Balaban J connectivity index is 2.94. The van der Waals surface area contributed by atoms with E-state index in [-0.39, 0.29) is 0 Å². The highest BCUT2D eigenvalue weighted by Gasteiger charge is 2.18. The van der Waals surface area contributed by atoms with Crippen LogP contribution >= 0.6 is 0 Å². The standard InChI is InChI=1S/C12H15NO2/c1-9-5-6-10(7-11(9)14-4)15-12(2,3)8-13/h5-7H,1-4H3. The monoisotopic (exact) mass is 205 g/mol. The highest BCUT2D eigenvalue weighted by atomic mass is 16.5. The van der Waals surface area contributed by atoms with Crippen LogP contribution in [0.1, 0.15) is 19.4 Å². The Morgan fingerprint density at radius 2 is 2.00 bits per heavy atom. The lowest BCUT2D eigenvalue weighted by molar-refractivity contribution is 0.169. The molecule has 0 aliphatic carbocycles. The second kappa shape index (κ2) is 4.22. The van der Waals surface area contributed by atoms with Crippen LogP contribution in [0.25, 0.3) is 0 Å². The predicted octanol–water partition coefficient (Wildman–Crippen LogP) is 2.68. The lowest BCUT2D eigenvalue weighted by Crippen LogP contribution is -2.25. The minimum Gasteiger partial charge on any atom is -0.496 e. The molecule has 0 radical (unpaired) electrons. The quantitative estimate of drug-likeness (QED) is 0.761. The van der Waals surface area contributed by atoms with Crippen molar-refractivity contribution in [2.75, 3.05) is 7.11 Å². The SMILES string of the molecule is COc1cc(OC(C)(C)C#N)ccc1C. The number of nitriles is 1. The third-order valence-corrected chi connectivity index (χ3v) is 2.02. The minimum absolute atomic E-state index is 0.643. The summed E-state index contributed by atoms with van der Waals surface area (Å²) in [6.45, 7) is 5.40. The van der Waals surface area contributed by atoms with Crippen molar-refractivity contribution in [2.24, 2.45) is 0 Å². The van der Waals surface area contributed by atoms with Crippen molar-refractivity contribution in [3.63, 3.8) is 0 Å². The molecule has 1 aromatic carbocycles. The van der Waals surface area contributed by atoms with Crippen LogP contribution in [0.3, 0.4) is 0 Å². The van der Waals surface area contributed by atoms with Gasteiger partial charge in [-0.25, -0.2) is 0 Å². The van der Waals surface area contributed by atoms with Gasteiger partial charge in [-0.3, -0.25) is 0 Å². The number of hydrogen-bond donors (Lipinski definition) is 0. The van der Waals surface area contributed by atoms with Gasteiger partial charge in [0.1, 0.15) is 17.6 Å². The van der Waals surface area contributed by atoms with E-state index in [1.165, 1.54) is 0 Å². The molecule has 0 fully saturated rings. The van der Waals surface area contributed by atoms with E-state index in [2.05, 4.69) is 6.07 Å². The van der Waals surface area contributed by atoms with Crippen LogP contribution in [0.2, 0.25) is 0 Å². The number of nitrogens with zero attached hydrogens (tertiary/aromatic N) is 1. The molecule has 3 heteroatoms. The minimum atomic E-state index is -0.819. The first-order valence-electron chi connectivity index (χ1n) is 4.73. The normalized spacial score (nSPS) is 10.6. The van der Waals surface area contributed by atoms with Crippen LogP contribution < -0.4 is 9.47 Å². The summed E-state index contributed by atoms with van der Waals surface area (Å²) >= 11 is 0. The highest BCUT2D eigenvalue weighted by molar-refractivity contribution is 5.40. The highest BCUT2D eigenvalue weighted by Crippen LogP contribution is 2.26. The van der Waals surface area contributed by atoms with Gasteiger partial charge in [-0.2, -0.15) is 5.26 Å². The Bertz CT molecular complexity index is 391. The number of benzene rings is 1. The molecule has 0 saturated carbocycles. The number of aryl methyl sites for hydroxylation is 1. The van der Waals surface area contributed by atoms with Crippen molar-refractivity contribution in [1.82, 2.24) is 0 Å². The van der Waals surface area contributed by atoms with Gasteiger partial charge in [0.15, 0.2) is 5.60 Å². The topological polar surface area (TPSA) is 42.2 Å². The van der Waals surface area contributed by atoms with Crippen LogP contribution in [0.4, 0.5) is 0 Å². The smallest absolute Gasteiger partial charge is 0.188 e. The fourth-order valence-electron chi connectivity index (χ4n) is 1.18. The lowest BCUT2D eigenvalue weighted by Gasteiger charge is -2.19. The number of ether oxygens (including phenoxy) is 2. The zero-order valence-corrected chi connectivity index (χ0v) is 9.50. The maximum absolute atomic E-state index is 8.83. The van der Waals surface area contributed by atoms with E-state index in [0.29, 0.717) is 5.75 Å². The summed E-state index contributed by atoms with van der Waals surface area (Å²) in [6, 6.07) is 7.60. The third kappa shape index (κ3) is 2.88. The maximum atomic E-state index is 8.83. The van der Waals surface area contributed by atoms with E-state index in [0.717, 1.165) is 11.3 Å². The number of methoxy groups -OCH3 is 1. The molecule has 0 aromatic heterocycles. The Morgan fingerprint density at radius 3 is 2.53 bits per heavy atom. The molecule has 80 valence electrons. The van der Waals surface area contributed by atoms with Crippen molar-refractivity contribution in [1.29, 1.82) is 5.26 Å². The molecule has 0 aliphatic rings. The zero-order valence-electron chi connectivity index (χ0n) is 9.50. The van der Waals surface area contributed by atoms with E-state index in [4.69, 9.17) is 14.7 Å². The third-order valence-electron chi connectivity index (χ3n) is 2.02. The Labute approximate surface area is 90.2 Å². The molecule has 0 aliphatic heterocycles. The van der Waals surface area contributed by atoms with Gasteiger partial charge in [0.05, 0.1) is 7.11 Å². The summed E-state index contributed by atoms with van der Waals surface area (Å²) in [7, 11) is 1.61. The first-order valence-corrected chi connectivity index (χ1v) is 4.73. The molecule has 0 unspecified atom stereocenters. The van der Waals surface area contributed by atoms with Crippen molar-refractivity contribution >= 4 is 0 Å². The first kappa shape index (κ1) is 11.4. The molecule has 0 amide bonds. The molecule has 1 rings (SSSR count). The molecule has 0 N–H and O–H groups in total. The molecule has 3 nitrogen and oxygen atoms in total. The average Bonchev–Trinajstić information content (AvgIpc) is 2.20. The van der Waals surface area contributed by atoms with Gasteiger partial charge in [-0.15, -0.1) is 0 Å². The predicted molar refractivity (Wildman–Crippen MR) is 58.1 cm³/mol. The fraction of sp³-hybridized carbons (Fsp3) is 0.417. The molecular weight excluding hydrogens is 190 g/mol. The number of hydrogen-bond acceptors (Lipinski definition) is 3. The molecule has 0 atom stereocenters. The molecule has 0 saturated heterocycles. The van der Waals surface area contributed by atoms with Crippen molar-refractivity contribution in [3.8, 4) is 17.6 Å². The Hall–Kier alpha value is -1.69. The first-order chi connectivity index (χ1) is 6.98. The van der Waals surface area contributed by atoms with Gasteiger partial charge in [0.25, 0.3) is 0 Å². The maximum Gasteiger partial charge on any atom is 0.188 e. The Kier molecular flexibility index (Phi) is 3.21. The van der Waals surface area contributed by atoms with Gasteiger partial charge in [0.2, 0.25) is 0 Å². The summed E-state index contributed by atoms with van der Waals surface area (Å²) in [5.74, 6) is 1.41. The fourth-order valence-corrected chi connectivity index (χ4v) is 1.18. The molecular formula is C12H15NO2. The molecule has 0 bridgehead atoms. The second-order valence-corrected chi connectivity index (χ2v) is 3.86. The van der Waals surface area contributed by atoms with Crippen LogP contribution in [-0.2, 0) is 0 Å². The summed E-state index contributed by atoms with van der Waals surface area (Å²) in [4.78, 5) is 0. The summed E-state index contributed by atoms with van der Waals surface area (Å²) in [6.07, 6.45) is 0. The van der Waals surface area contributed by atoms with Gasteiger partial charge in [0, 0.05) is 6.07 Å². The van der Waals surface area contributed by atoms with Gasteiger partial charge >= 0.3 is 0 Å². The lowest BCUT2D eigenvalue weighted by atomic mass is 10.1. The van der Waals surface area contributed by atoms with Gasteiger partial charge in [-0.05, 0) is 32.4 Å². The van der Waals surface area contributed by atoms with E-state index in [1.807, 2.05) is 19.1 Å². The van der Waals surface area contributed by atoms with Crippen molar-refractivity contribution in [2.45, 2.75) is 26.4 Å². The average molecular weight is 205 g/mol. The molecule has 15 heavy (non-hydrogen) atoms. The number of rotatable bonds is 3. The summed E-state index contributed by atoms with van der Waals surface area (Å²) < 4.78 is 10.7. The van der Waals surface area contributed by atoms with E-state index < -0.39 is 5.60 Å². The molecule has 1 aromatic rings. The van der Waals surface area contributed by atoms with Crippen LogP contribution in [0.15, 0.2) is 18.2 Å². The van der Waals surface area contributed by atoms with Crippen molar-refractivity contribution in [3.05, 3.63) is 23.8 Å². The largest absolute Gasteiger partial charge is 0.496 e. The summed E-state index contributed by atoms with van der Waals surface area (Å²) in [5, 5.41) is 8.83. The second-order valence-electron chi connectivity index (χ2n) is 3.86. The molecule has 0 heterocycles. The zero-order chi connectivity index (χ0) is 11.5. The summed E-state index contributed by atoms with van der Waals surface area (Å²) in [5.41, 5.74) is 0.222. The van der Waals surface area contributed by atoms with Gasteiger partial charge in [-0.1, -0.05) is 6.07 Å². The van der Waals surface area contributed by atoms with Crippen LogP contribution in [-0.4, -0.2) is 12.7 Å². The van der Waals surface area contributed by atoms with E-state index in [1.54, 1.807) is 27.0 Å². The van der Waals surface area contributed by atoms with Crippen molar-refractivity contribution < 1.29 is 9.47 Å². The molecule has 0 spiro atoms. The van der Waals surface area contributed by atoms with E-state index in [9.17, 15) is 0 Å². The van der Waals surface area contributed by atoms with Gasteiger partial charge < -0.3 is 9.47 Å². The van der Waals surface area contributed by atoms with Crippen LogP contribution in [0.5, 0.6) is 11.5 Å². The van der Waals surface area contributed by atoms with E-state index >= 15 is 0 Å². The Morgan fingerprint density at radius 1 is 1.33 bits per heavy atom.